The molecule has 1 aliphatic rings. The van der Waals surface area contributed by atoms with Gasteiger partial charge in [-0.2, -0.15) is 0 Å². The number of aromatic nitrogens is 2. The molecule has 1 saturated heterocycles. The van der Waals surface area contributed by atoms with Crippen LogP contribution >= 0.6 is 0 Å². The van der Waals surface area contributed by atoms with E-state index < -0.39 is 0 Å². The molecule has 1 amide bonds. The number of carbonyl (C=O) groups excluding carboxylic acids is 1. The number of hydrogen-bond acceptors (Lipinski definition) is 7. The van der Waals surface area contributed by atoms with E-state index in [9.17, 15) is 4.79 Å². The summed E-state index contributed by atoms with van der Waals surface area (Å²) in [4.78, 5) is 23.9. The molecule has 2 N–H and O–H groups in total. The Bertz CT molecular complexity index is 814. The summed E-state index contributed by atoms with van der Waals surface area (Å²) in [6.45, 7) is 1.26. The average Bonchev–Trinajstić information content (AvgIpc) is 3.22. The van der Waals surface area contributed by atoms with Crippen LogP contribution in [0.15, 0.2) is 30.3 Å². The van der Waals surface area contributed by atoms with Crippen molar-refractivity contribution in [2.75, 3.05) is 39.7 Å². The van der Waals surface area contributed by atoms with Gasteiger partial charge >= 0.3 is 0 Å². The van der Waals surface area contributed by atoms with Crippen molar-refractivity contribution in [2.45, 2.75) is 25.4 Å². The van der Waals surface area contributed by atoms with E-state index in [0.29, 0.717) is 30.4 Å². The van der Waals surface area contributed by atoms with Gasteiger partial charge in [0.15, 0.2) is 23.9 Å². The predicted molar refractivity (Wildman–Crippen MR) is 107 cm³/mol. The van der Waals surface area contributed by atoms with Crippen LogP contribution in [-0.2, 0) is 11.3 Å². The molecule has 1 aliphatic heterocycles. The van der Waals surface area contributed by atoms with E-state index in [2.05, 4.69) is 20.6 Å². The SMILES string of the molecule is CNCc1cc(NC)nc([C@@H]2CCCN2C(=O)COc2ccccc2OC)n1. The molecular weight excluding hydrogens is 358 g/mol. The lowest BCUT2D eigenvalue weighted by molar-refractivity contribution is -0.134. The number of hydrogen-bond donors (Lipinski definition) is 2. The molecule has 8 nitrogen and oxygen atoms in total. The van der Waals surface area contributed by atoms with Gasteiger partial charge in [-0.25, -0.2) is 9.97 Å². The van der Waals surface area contributed by atoms with Crippen molar-refractivity contribution in [1.82, 2.24) is 20.2 Å². The van der Waals surface area contributed by atoms with Gasteiger partial charge in [0, 0.05) is 26.2 Å². The molecule has 0 spiro atoms. The topological polar surface area (TPSA) is 88.6 Å². The summed E-state index contributed by atoms with van der Waals surface area (Å²) in [5.74, 6) is 2.50. The van der Waals surface area contributed by atoms with Crippen molar-refractivity contribution in [3.8, 4) is 11.5 Å². The van der Waals surface area contributed by atoms with Crippen LogP contribution in [0, 0.1) is 0 Å². The lowest BCUT2D eigenvalue weighted by Crippen LogP contribution is -2.35. The molecular formula is C20H27N5O3. The zero-order valence-electron chi connectivity index (χ0n) is 16.6. The highest BCUT2D eigenvalue weighted by Crippen LogP contribution is 2.31. The van der Waals surface area contributed by atoms with Crippen molar-refractivity contribution >= 4 is 11.7 Å². The lowest BCUT2D eigenvalue weighted by Gasteiger charge is -2.24. The molecule has 0 saturated carbocycles. The molecule has 0 radical (unpaired) electrons. The second kappa shape index (κ2) is 9.36. The molecule has 0 unspecified atom stereocenters. The van der Waals surface area contributed by atoms with Crippen LogP contribution in [0.25, 0.3) is 0 Å². The van der Waals surface area contributed by atoms with Gasteiger partial charge in [-0.1, -0.05) is 12.1 Å². The maximum absolute atomic E-state index is 12.8. The van der Waals surface area contributed by atoms with Crippen LogP contribution in [-0.4, -0.2) is 55.1 Å². The number of benzene rings is 1. The van der Waals surface area contributed by atoms with E-state index in [1.165, 1.54) is 0 Å². The number of ether oxygens (including phenoxy) is 2. The highest BCUT2D eigenvalue weighted by atomic mass is 16.5. The predicted octanol–water partition coefficient (Wildman–Crippen LogP) is 1.99. The number of methoxy groups -OCH3 is 1. The fraction of sp³-hybridized carbons (Fsp3) is 0.450. The fourth-order valence-corrected chi connectivity index (χ4v) is 3.36. The van der Waals surface area contributed by atoms with Gasteiger partial charge in [0.05, 0.1) is 18.8 Å². The Morgan fingerprint density at radius 2 is 2.04 bits per heavy atom. The molecule has 2 aromatic rings. The minimum atomic E-state index is -0.141. The average molecular weight is 385 g/mol. The Morgan fingerprint density at radius 3 is 2.75 bits per heavy atom. The standard InChI is InChI=1S/C20H27N5O3/c1-21-12-14-11-18(22-2)24-20(23-14)15-7-6-10-25(15)19(26)13-28-17-9-5-4-8-16(17)27-3/h4-5,8-9,11,15,21H,6-7,10,12-13H2,1-3H3,(H,22,23,24)/t15-/m0/s1. The van der Waals surface area contributed by atoms with Crippen LogP contribution in [0.3, 0.4) is 0 Å². The third-order valence-corrected chi connectivity index (χ3v) is 4.70. The van der Waals surface area contributed by atoms with Gasteiger partial charge in [-0.3, -0.25) is 4.79 Å². The van der Waals surface area contributed by atoms with Gasteiger partial charge in [-0.05, 0) is 32.0 Å². The number of nitrogens with zero attached hydrogens (tertiary/aromatic N) is 3. The Balaban J connectivity index is 1.73. The summed E-state index contributed by atoms with van der Waals surface area (Å²) in [6.07, 6.45) is 1.76. The molecule has 8 heteroatoms. The first-order chi connectivity index (χ1) is 13.7. The first kappa shape index (κ1) is 19.9. The second-order valence-electron chi connectivity index (χ2n) is 6.57. The molecule has 0 bridgehead atoms. The minimum Gasteiger partial charge on any atom is -0.493 e. The molecule has 2 heterocycles. The molecule has 150 valence electrons. The van der Waals surface area contributed by atoms with E-state index in [1.807, 2.05) is 37.2 Å². The quantitative estimate of drug-likeness (QED) is 0.718. The maximum atomic E-state index is 12.8. The largest absolute Gasteiger partial charge is 0.493 e. The molecule has 1 aromatic carbocycles. The van der Waals surface area contributed by atoms with E-state index in [0.717, 1.165) is 24.4 Å². The zero-order chi connectivity index (χ0) is 19.9. The number of anilines is 1. The van der Waals surface area contributed by atoms with Crippen LogP contribution in [0.5, 0.6) is 11.5 Å². The molecule has 1 atom stereocenters. The van der Waals surface area contributed by atoms with Crippen molar-refractivity contribution < 1.29 is 14.3 Å². The third-order valence-electron chi connectivity index (χ3n) is 4.70. The molecule has 1 fully saturated rings. The Morgan fingerprint density at radius 1 is 1.25 bits per heavy atom. The number of para-hydroxylation sites is 2. The van der Waals surface area contributed by atoms with Crippen molar-refractivity contribution in [2.24, 2.45) is 0 Å². The summed E-state index contributed by atoms with van der Waals surface area (Å²) in [5.41, 5.74) is 0.890. The van der Waals surface area contributed by atoms with Gasteiger partial charge in [0.2, 0.25) is 0 Å². The van der Waals surface area contributed by atoms with Crippen LogP contribution in [0.4, 0.5) is 5.82 Å². The Kier molecular flexibility index (Phi) is 6.65. The maximum Gasteiger partial charge on any atom is 0.261 e. The first-order valence-electron chi connectivity index (χ1n) is 9.41. The Hall–Kier alpha value is -2.87. The third kappa shape index (κ3) is 4.51. The van der Waals surface area contributed by atoms with Crippen LogP contribution < -0.4 is 20.1 Å². The number of likely N-dealkylation sites (tertiary alicyclic amines) is 1. The van der Waals surface area contributed by atoms with E-state index in [-0.39, 0.29) is 18.6 Å². The van der Waals surface area contributed by atoms with E-state index >= 15 is 0 Å². The lowest BCUT2D eigenvalue weighted by atomic mass is 10.2. The highest BCUT2D eigenvalue weighted by Gasteiger charge is 2.32. The van der Waals surface area contributed by atoms with E-state index in [1.54, 1.807) is 19.2 Å². The summed E-state index contributed by atoms with van der Waals surface area (Å²) < 4.78 is 11.0. The second-order valence-corrected chi connectivity index (χ2v) is 6.57. The summed E-state index contributed by atoms with van der Waals surface area (Å²) in [6, 6.07) is 9.07. The summed E-state index contributed by atoms with van der Waals surface area (Å²) >= 11 is 0. The summed E-state index contributed by atoms with van der Waals surface area (Å²) in [5, 5.41) is 6.18. The van der Waals surface area contributed by atoms with Gasteiger partial charge in [0.25, 0.3) is 5.91 Å². The highest BCUT2D eigenvalue weighted by molar-refractivity contribution is 5.78. The minimum absolute atomic E-state index is 0.0496. The Labute approximate surface area is 165 Å². The number of amides is 1. The van der Waals surface area contributed by atoms with Crippen LogP contribution in [0.1, 0.15) is 30.4 Å². The number of rotatable bonds is 8. The number of nitrogens with one attached hydrogen (secondary N) is 2. The van der Waals surface area contributed by atoms with Gasteiger partial charge in [0.1, 0.15) is 5.82 Å². The van der Waals surface area contributed by atoms with Crippen molar-refractivity contribution in [3.63, 3.8) is 0 Å². The fourth-order valence-electron chi connectivity index (χ4n) is 3.36. The molecule has 28 heavy (non-hydrogen) atoms. The first-order valence-corrected chi connectivity index (χ1v) is 9.41. The smallest absolute Gasteiger partial charge is 0.261 e. The normalized spacial score (nSPS) is 16.1. The summed E-state index contributed by atoms with van der Waals surface area (Å²) in [7, 11) is 5.28. The van der Waals surface area contributed by atoms with Crippen molar-refractivity contribution in [1.29, 1.82) is 0 Å². The molecule has 1 aromatic heterocycles. The van der Waals surface area contributed by atoms with Crippen LogP contribution in [0.2, 0.25) is 0 Å². The van der Waals surface area contributed by atoms with Crippen molar-refractivity contribution in [3.05, 3.63) is 41.9 Å². The monoisotopic (exact) mass is 385 g/mol. The molecule has 3 rings (SSSR count). The number of carbonyl (C=O) groups is 1. The molecule has 0 aliphatic carbocycles. The zero-order valence-corrected chi connectivity index (χ0v) is 16.6. The van der Waals surface area contributed by atoms with Gasteiger partial charge in [-0.15, -0.1) is 0 Å². The van der Waals surface area contributed by atoms with E-state index in [4.69, 9.17) is 9.47 Å². The van der Waals surface area contributed by atoms with Gasteiger partial charge < -0.3 is 25.0 Å².